The number of anilines is 1. The number of rotatable bonds is 7. The molecular formula is C24H20N4O4S2. The number of nitro groups is 1. The van der Waals surface area contributed by atoms with Crippen molar-refractivity contribution >= 4 is 39.2 Å². The zero-order chi connectivity index (χ0) is 23.7. The van der Waals surface area contributed by atoms with Gasteiger partial charge in [0.15, 0.2) is 0 Å². The summed E-state index contributed by atoms with van der Waals surface area (Å²) in [6.07, 6.45) is 0.676. The van der Waals surface area contributed by atoms with Crippen LogP contribution in [-0.2, 0) is 0 Å². The van der Waals surface area contributed by atoms with E-state index in [0.717, 1.165) is 32.5 Å². The highest BCUT2D eigenvalue weighted by molar-refractivity contribution is 7.14. The fourth-order valence-electron chi connectivity index (χ4n) is 3.86. The Morgan fingerprint density at radius 1 is 1.09 bits per heavy atom. The molecule has 0 radical (unpaired) electrons. The van der Waals surface area contributed by atoms with Crippen molar-refractivity contribution in [1.82, 2.24) is 4.98 Å². The summed E-state index contributed by atoms with van der Waals surface area (Å²) in [5.74, 6) is 1.42. The molecule has 0 saturated carbocycles. The molecule has 0 spiro atoms. The topological polar surface area (TPSA) is 90.1 Å². The Morgan fingerprint density at radius 2 is 1.91 bits per heavy atom. The van der Waals surface area contributed by atoms with Crippen molar-refractivity contribution in [3.63, 3.8) is 0 Å². The normalized spacial score (nSPS) is 15.3. The smallest absolute Gasteiger partial charge is 0.269 e. The Bertz CT molecular complexity index is 1350. The zero-order valence-electron chi connectivity index (χ0n) is 18.4. The highest BCUT2D eigenvalue weighted by atomic mass is 32.1. The summed E-state index contributed by atoms with van der Waals surface area (Å²) in [5, 5.41) is 22.7. The molecule has 2 aromatic carbocycles. The number of nitrogens with zero attached hydrogens (tertiary/aromatic N) is 4. The Morgan fingerprint density at radius 3 is 2.59 bits per heavy atom. The largest absolute Gasteiger partial charge is 0.497 e. The third-order valence-electron chi connectivity index (χ3n) is 5.58. The average molecular weight is 493 g/mol. The van der Waals surface area contributed by atoms with Crippen LogP contribution in [0.25, 0.3) is 11.3 Å². The lowest BCUT2D eigenvalue weighted by Crippen LogP contribution is -2.18. The predicted octanol–water partition coefficient (Wildman–Crippen LogP) is 6.15. The van der Waals surface area contributed by atoms with Crippen LogP contribution in [0.4, 0.5) is 10.8 Å². The second kappa shape index (κ2) is 9.24. The number of aromatic nitrogens is 1. The maximum Gasteiger partial charge on any atom is 0.269 e. The fraction of sp³-hybridized carbons (Fsp3) is 0.167. The summed E-state index contributed by atoms with van der Waals surface area (Å²) in [6, 6.07) is 16.2. The van der Waals surface area contributed by atoms with Gasteiger partial charge in [0.25, 0.3) is 5.69 Å². The summed E-state index contributed by atoms with van der Waals surface area (Å²) >= 11 is 3.12. The molecule has 0 fully saturated rings. The van der Waals surface area contributed by atoms with E-state index in [1.165, 1.54) is 23.5 Å². The lowest BCUT2D eigenvalue weighted by molar-refractivity contribution is -0.384. The molecule has 4 aromatic rings. The molecule has 172 valence electrons. The number of methoxy groups -OCH3 is 2. The van der Waals surface area contributed by atoms with Crippen LogP contribution in [0.1, 0.15) is 22.9 Å². The Hall–Kier alpha value is -3.76. The number of hydrogen-bond donors (Lipinski definition) is 0. The summed E-state index contributed by atoms with van der Waals surface area (Å²) in [6.45, 7) is 0. The molecule has 0 amide bonds. The summed E-state index contributed by atoms with van der Waals surface area (Å²) in [5.41, 5.74) is 3.57. The van der Waals surface area contributed by atoms with Crippen LogP contribution in [0.15, 0.2) is 70.5 Å². The van der Waals surface area contributed by atoms with Crippen LogP contribution in [-0.4, -0.2) is 29.8 Å². The molecule has 3 heterocycles. The van der Waals surface area contributed by atoms with Gasteiger partial charge in [0.2, 0.25) is 5.13 Å². The number of thiophene rings is 1. The second-order valence-electron chi connectivity index (χ2n) is 7.52. The average Bonchev–Trinajstić information content (AvgIpc) is 3.64. The Kier molecular flexibility index (Phi) is 5.99. The minimum atomic E-state index is -0.390. The molecule has 0 bridgehead atoms. The van der Waals surface area contributed by atoms with E-state index >= 15 is 0 Å². The van der Waals surface area contributed by atoms with Crippen molar-refractivity contribution in [2.45, 2.75) is 12.5 Å². The molecule has 0 saturated heterocycles. The quantitative estimate of drug-likeness (QED) is 0.227. The first-order valence-electron chi connectivity index (χ1n) is 10.4. The molecule has 34 heavy (non-hydrogen) atoms. The van der Waals surface area contributed by atoms with Gasteiger partial charge in [-0.25, -0.2) is 9.99 Å². The van der Waals surface area contributed by atoms with Gasteiger partial charge in [0, 0.05) is 29.5 Å². The number of thiazole rings is 1. The first-order valence-corrected chi connectivity index (χ1v) is 12.2. The van der Waals surface area contributed by atoms with Crippen molar-refractivity contribution in [1.29, 1.82) is 0 Å². The molecule has 5 rings (SSSR count). The van der Waals surface area contributed by atoms with E-state index in [9.17, 15) is 10.1 Å². The molecule has 0 aliphatic carbocycles. The number of nitro benzene ring substituents is 1. The predicted molar refractivity (Wildman–Crippen MR) is 134 cm³/mol. The van der Waals surface area contributed by atoms with Gasteiger partial charge in [0.05, 0.1) is 41.5 Å². The van der Waals surface area contributed by atoms with Gasteiger partial charge in [-0.3, -0.25) is 10.1 Å². The van der Waals surface area contributed by atoms with Crippen LogP contribution in [0.3, 0.4) is 0 Å². The maximum absolute atomic E-state index is 11.1. The molecule has 0 N–H and O–H groups in total. The number of ether oxygens (including phenoxy) is 2. The van der Waals surface area contributed by atoms with Gasteiger partial charge in [-0.2, -0.15) is 5.10 Å². The Balaban J connectivity index is 1.53. The number of benzene rings is 2. The van der Waals surface area contributed by atoms with Crippen LogP contribution in [0, 0.1) is 10.1 Å². The van der Waals surface area contributed by atoms with E-state index in [2.05, 4.69) is 0 Å². The second-order valence-corrected chi connectivity index (χ2v) is 9.30. The first-order chi connectivity index (χ1) is 16.6. The van der Waals surface area contributed by atoms with Gasteiger partial charge >= 0.3 is 0 Å². The van der Waals surface area contributed by atoms with Gasteiger partial charge < -0.3 is 9.47 Å². The molecule has 2 aromatic heterocycles. The molecule has 0 unspecified atom stereocenters. The number of hydrazone groups is 1. The van der Waals surface area contributed by atoms with Gasteiger partial charge in [-0.1, -0.05) is 18.2 Å². The Labute approximate surface area is 203 Å². The SMILES string of the molecule is COc1ccc(OC)c(-c2csc(N3N=C(c4cccs4)C[C@@H]3c3ccc([N+](=O)[O-])cc3)n2)c1. The van der Waals surface area contributed by atoms with Gasteiger partial charge in [-0.05, 0) is 35.2 Å². The third-order valence-corrected chi connectivity index (χ3v) is 7.32. The van der Waals surface area contributed by atoms with Crippen molar-refractivity contribution < 1.29 is 14.4 Å². The first kappa shape index (κ1) is 22.1. The molecule has 1 aliphatic rings. The van der Waals surface area contributed by atoms with E-state index in [4.69, 9.17) is 19.6 Å². The van der Waals surface area contributed by atoms with Crippen molar-refractivity contribution in [2.75, 3.05) is 19.2 Å². The molecule has 1 atom stereocenters. The third kappa shape index (κ3) is 4.13. The van der Waals surface area contributed by atoms with E-state index in [0.29, 0.717) is 17.9 Å². The van der Waals surface area contributed by atoms with Crippen LogP contribution < -0.4 is 14.5 Å². The minimum absolute atomic E-state index is 0.0642. The molecule has 8 nitrogen and oxygen atoms in total. The molecule has 10 heteroatoms. The minimum Gasteiger partial charge on any atom is -0.497 e. The molecular weight excluding hydrogens is 472 g/mol. The van der Waals surface area contributed by atoms with Crippen LogP contribution >= 0.6 is 22.7 Å². The summed E-state index contributed by atoms with van der Waals surface area (Å²) in [7, 11) is 3.25. The fourth-order valence-corrected chi connectivity index (χ4v) is 5.41. The number of non-ortho nitro benzene ring substituents is 1. The summed E-state index contributed by atoms with van der Waals surface area (Å²) < 4.78 is 10.9. The molecule has 1 aliphatic heterocycles. The maximum atomic E-state index is 11.1. The zero-order valence-corrected chi connectivity index (χ0v) is 20.0. The van der Waals surface area contributed by atoms with Crippen LogP contribution in [0.5, 0.6) is 11.5 Å². The van der Waals surface area contributed by atoms with Gasteiger partial charge in [0.1, 0.15) is 11.5 Å². The number of hydrogen-bond acceptors (Lipinski definition) is 9. The summed E-state index contributed by atoms with van der Waals surface area (Å²) in [4.78, 5) is 16.7. The van der Waals surface area contributed by atoms with E-state index < -0.39 is 4.92 Å². The van der Waals surface area contributed by atoms with E-state index in [1.54, 1.807) is 37.7 Å². The highest BCUT2D eigenvalue weighted by Crippen LogP contribution is 2.42. The standard InChI is InChI=1S/C24H20N4O4S2/c1-31-17-9-10-22(32-2)18(12-17)20-14-34-24(25-20)27-21(13-19(26-27)23-4-3-11-33-23)15-5-7-16(8-6-15)28(29)30/h3-12,14,21H,13H2,1-2H3/t21-/m1/s1. The van der Waals surface area contributed by atoms with Gasteiger partial charge in [-0.15, -0.1) is 22.7 Å². The van der Waals surface area contributed by atoms with Crippen LogP contribution in [0.2, 0.25) is 0 Å². The van der Waals surface area contributed by atoms with E-state index in [1.807, 2.05) is 46.1 Å². The van der Waals surface area contributed by atoms with Crippen molar-refractivity contribution in [2.24, 2.45) is 5.10 Å². The lowest BCUT2D eigenvalue weighted by atomic mass is 10.0. The highest BCUT2D eigenvalue weighted by Gasteiger charge is 2.32. The monoisotopic (exact) mass is 492 g/mol. The van der Waals surface area contributed by atoms with E-state index in [-0.39, 0.29) is 11.7 Å². The van der Waals surface area contributed by atoms with Crippen molar-refractivity contribution in [3.8, 4) is 22.8 Å². The van der Waals surface area contributed by atoms with Crippen molar-refractivity contribution in [3.05, 3.63) is 85.9 Å². The lowest BCUT2D eigenvalue weighted by Gasteiger charge is -2.21.